The Morgan fingerprint density at radius 2 is 2.06 bits per heavy atom. The number of benzene rings is 1. The molecule has 2 aromatic rings. The number of fused-ring (bicyclic) bond motifs is 1. The lowest BCUT2D eigenvalue weighted by atomic mass is 10.2. The molecule has 0 unspecified atom stereocenters. The van der Waals surface area contributed by atoms with E-state index in [9.17, 15) is 4.79 Å². The van der Waals surface area contributed by atoms with E-state index in [-0.39, 0.29) is 0 Å². The zero-order valence-electron chi connectivity index (χ0n) is 8.80. The van der Waals surface area contributed by atoms with Gasteiger partial charge in [-0.2, -0.15) is 0 Å². The van der Waals surface area contributed by atoms with Crippen LogP contribution in [-0.2, 0) is 11.3 Å². The molecule has 1 N–H and O–H groups in total. The molecule has 0 spiro atoms. The molecule has 16 heavy (non-hydrogen) atoms. The smallest absolute Gasteiger partial charge is 0.407 e. The fourth-order valence-electron chi connectivity index (χ4n) is 1.37. The van der Waals surface area contributed by atoms with Crippen molar-refractivity contribution < 1.29 is 9.53 Å². The predicted octanol–water partition coefficient (Wildman–Crippen LogP) is 1.49. The maximum Gasteiger partial charge on any atom is 0.407 e. The first-order chi connectivity index (χ1) is 7.79. The maximum absolute atomic E-state index is 10.9. The number of carbonyl (C=O) groups is 1. The third kappa shape index (κ3) is 2.25. The molecule has 1 aromatic heterocycles. The molecule has 0 fully saturated rings. The van der Waals surface area contributed by atoms with Gasteiger partial charge in [0.2, 0.25) is 0 Å². The van der Waals surface area contributed by atoms with Gasteiger partial charge in [0.05, 0.1) is 18.1 Å². The van der Waals surface area contributed by atoms with Gasteiger partial charge in [-0.3, -0.25) is 9.97 Å². The highest BCUT2D eigenvalue weighted by atomic mass is 16.5. The van der Waals surface area contributed by atoms with E-state index in [0.717, 1.165) is 16.6 Å². The number of carbonyl (C=O) groups excluding carboxylic acids is 1. The lowest BCUT2D eigenvalue weighted by Gasteiger charge is -2.04. The van der Waals surface area contributed by atoms with Gasteiger partial charge in [0.25, 0.3) is 0 Å². The second-order valence-corrected chi connectivity index (χ2v) is 3.22. The summed E-state index contributed by atoms with van der Waals surface area (Å²) in [6, 6.07) is 5.65. The van der Waals surface area contributed by atoms with Crippen LogP contribution in [0.4, 0.5) is 4.79 Å². The maximum atomic E-state index is 10.9. The van der Waals surface area contributed by atoms with Crippen molar-refractivity contribution >= 4 is 17.1 Å². The van der Waals surface area contributed by atoms with Crippen molar-refractivity contribution in [3.05, 3.63) is 36.2 Å². The van der Waals surface area contributed by atoms with E-state index in [1.54, 1.807) is 12.4 Å². The van der Waals surface area contributed by atoms with E-state index >= 15 is 0 Å². The van der Waals surface area contributed by atoms with Crippen LogP contribution in [0.25, 0.3) is 11.0 Å². The highest BCUT2D eigenvalue weighted by Gasteiger charge is 2.01. The monoisotopic (exact) mass is 217 g/mol. The molecule has 5 nitrogen and oxygen atoms in total. The van der Waals surface area contributed by atoms with Gasteiger partial charge in [0, 0.05) is 18.9 Å². The summed E-state index contributed by atoms with van der Waals surface area (Å²) in [7, 11) is 1.33. The summed E-state index contributed by atoms with van der Waals surface area (Å²) in [5.41, 5.74) is 2.61. The van der Waals surface area contributed by atoms with Gasteiger partial charge in [-0.25, -0.2) is 4.79 Å². The number of aromatic nitrogens is 2. The molecule has 2 rings (SSSR count). The van der Waals surface area contributed by atoms with Crippen molar-refractivity contribution in [2.24, 2.45) is 0 Å². The highest BCUT2D eigenvalue weighted by molar-refractivity contribution is 5.74. The number of ether oxygens (including phenoxy) is 1. The van der Waals surface area contributed by atoms with E-state index in [1.165, 1.54) is 7.11 Å². The van der Waals surface area contributed by atoms with Gasteiger partial charge in [-0.1, -0.05) is 6.07 Å². The Kier molecular flexibility index (Phi) is 2.95. The summed E-state index contributed by atoms with van der Waals surface area (Å²) < 4.78 is 4.48. The quantitative estimate of drug-likeness (QED) is 0.827. The largest absolute Gasteiger partial charge is 0.453 e. The Hall–Kier alpha value is -2.17. The zero-order valence-corrected chi connectivity index (χ0v) is 8.80. The van der Waals surface area contributed by atoms with Gasteiger partial charge < -0.3 is 10.1 Å². The summed E-state index contributed by atoms with van der Waals surface area (Å²) in [5.74, 6) is 0. The molecule has 1 heterocycles. The van der Waals surface area contributed by atoms with Crippen LogP contribution < -0.4 is 5.32 Å². The van der Waals surface area contributed by atoms with Crippen molar-refractivity contribution in [2.75, 3.05) is 7.11 Å². The number of hydrogen-bond acceptors (Lipinski definition) is 4. The van der Waals surface area contributed by atoms with Gasteiger partial charge in [-0.15, -0.1) is 0 Å². The average molecular weight is 217 g/mol. The van der Waals surface area contributed by atoms with Gasteiger partial charge >= 0.3 is 6.09 Å². The minimum Gasteiger partial charge on any atom is -0.453 e. The van der Waals surface area contributed by atoms with E-state index < -0.39 is 6.09 Å². The molecule has 1 amide bonds. The molecule has 0 aliphatic carbocycles. The van der Waals surface area contributed by atoms with Crippen LogP contribution in [-0.4, -0.2) is 23.2 Å². The van der Waals surface area contributed by atoms with Gasteiger partial charge in [-0.05, 0) is 17.7 Å². The number of nitrogens with one attached hydrogen (secondary N) is 1. The molecule has 0 radical (unpaired) electrons. The average Bonchev–Trinajstić information content (AvgIpc) is 2.35. The van der Waals surface area contributed by atoms with Crippen LogP contribution in [0.2, 0.25) is 0 Å². The molecule has 0 saturated heterocycles. The number of alkyl carbamates (subject to hydrolysis) is 1. The third-order valence-electron chi connectivity index (χ3n) is 2.16. The highest BCUT2D eigenvalue weighted by Crippen LogP contribution is 2.10. The number of amides is 1. The predicted molar refractivity (Wildman–Crippen MR) is 58.8 cm³/mol. The molecular formula is C11H11N3O2. The van der Waals surface area contributed by atoms with Crippen LogP contribution in [0.3, 0.4) is 0 Å². The van der Waals surface area contributed by atoms with Crippen LogP contribution in [0.15, 0.2) is 30.6 Å². The first kappa shape index (κ1) is 10.4. The summed E-state index contributed by atoms with van der Waals surface area (Å²) >= 11 is 0. The molecule has 82 valence electrons. The zero-order chi connectivity index (χ0) is 11.4. The number of hydrogen-bond donors (Lipinski definition) is 1. The molecule has 0 aliphatic rings. The summed E-state index contributed by atoms with van der Waals surface area (Å²) in [4.78, 5) is 19.2. The number of rotatable bonds is 2. The minimum atomic E-state index is -0.445. The van der Waals surface area contributed by atoms with Crippen LogP contribution in [0, 0.1) is 0 Å². The molecule has 5 heteroatoms. The SMILES string of the molecule is COC(=O)NCc1ccc2nccnc2c1. The Morgan fingerprint density at radius 3 is 2.81 bits per heavy atom. The lowest BCUT2D eigenvalue weighted by molar-refractivity contribution is 0.170. The minimum absolute atomic E-state index is 0.416. The van der Waals surface area contributed by atoms with Crippen LogP contribution in [0.1, 0.15) is 5.56 Å². The van der Waals surface area contributed by atoms with Crippen molar-refractivity contribution in [1.82, 2.24) is 15.3 Å². The van der Waals surface area contributed by atoms with Crippen molar-refractivity contribution in [1.29, 1.82) is 0 Å². The first-order valence-electron chi connectivity index (χ1n) is 4.81. The Labute approximate surface area is 92.5 Å². The van der Waals surface area contributed by atoms with Gasteiger partial charge in [0.1, 0.15) is 0 Å². The van der Waals surface area contributed by atoms with Crippen LogP contribution >= 0.6 is 0 Å². The summed E-state index contributed by atoms with van der Waals surface area (Å²) in [6.45, 7) is 0.416. The Morgan fingerprint density at radius 1 is 1.31 bits per heavy atom. The number of nitrogens with zero attached hydrogens (tertiary/aromatic N) is 2. The van der Waals surface area contributed by atoms with Gasteiger partial charge in [0.15, 0.2) is 0 Å². The van der Waals surface area contributed by atoms with Crippen LogP contribution in [0.5, 0.6) is 0 Å². The van der Waals surface area contributed by atoms with E-state index in [2.05, 4.69) is 20.0 Å². The first-order valence-corrected chi connectivity index (χ1v) is 4.81. The number of methoxy groups -OCH3 is 1. The van der Waals surface area contributed by atoms with E-state index in [0.29, 0.717) is 6.54 Å². The Bertz CT molecular complexity index is 513. The molecular weight excluding hydrogens is 206 g/mol. The van der Waals surface area contributed by atoms with Crippen molar-refractivity contribution in [3.8, 4) is 0 Å². The topological polar surface area (TPSA) is 64.1 Å². The summed E-state index contributed by atoms with van der Waals surface area (Å²) in [6.07, 6.45) is 2.84. The van der Waals surface area contributed by atoms with Crippen molar-refractivity contribution in [3.63, 3.8) is 0 Å². The molecule has 1 aromatic carbocycles. The fourth-order valence-corrected chi connectivity index (χ4v) is 1.37. The fraction of sp³-hybridized carbons (Fsp3) is 0.182. The second kappa shape index (κ2) is 4.57. The standard InChI is InChI=1S/C11H11N3O2/c1-16-11(15)14-7-8-2-3-9-10(6-8)13-5-4-12-9/h2-6H,7H2,1H3,(H,14,15). The molecule has 0 saturated carbocycles. The second-order valence-electron chi connectivity index (χ2n) is 3.22. The summed E-state index contributed by atoms with van der Waals surface area (Å²) in [5, 5.41) is 2.60. The van der Waals surface area contributed by atoms with E-state index in [1.807, 2.05) is 18.2 Å². The Balaban J connectivity index is 2.16. The van der Waals surface area contributed by atoms with E-state index in [4.69, 9.17) is 0 Å². The molecule has 0 bridgehead atoms. The molecule has 0 aliphatic heterocycles. The lowest BCUT2D eigenvalue weighted by Crippen LogP contribution is -2.22. The third-order valence-corrected chi connectivity index (χ3v) is 2.16. The van der Waals surface area contributed by atoms with Crippen molar-refractivity contribution in [2.45, 2.75) is 6.54 Å². The normalized spacial score (nSPS) is 10.1. The molecule has 0 atom stereocenters.